The van der Waals surface area contributed by atoms with Gasteiger partial charge in [0.25, 0.3) is 0 Å². The van der Waals surface area contributed by atoms with Crippen LogP contribution >= 0.6 is 0 Å². The summed E-state index contributed by atoms with van der Waals surface area (Å²) in [6.07, 6.45) is 1.27. The van der Waals surface area contributed by atoms with Crippen molar-refractivity contribution in [2.24, 2.45) is 0 Å². The third-order valence-electron chi connectivity index (χ3n) is 2.66. The van der Waals surface area contributed by atoms with E-state index in [2.05, 4.69) is 0 Å². The van der Waals surface area contributed by atoms with Crippen LogP contribution < -0.4 is 0 Å². The molecule has 1 atom stereocenters. The van der Waals surface area contributed by atoms with E-state index in [0.29, 0.717) is 32.8 Å². The number of hydrogen-bond acceptors (Lipinski definition) is 4. The highest BCUT2D eigenvalue weighted by Gasteiger charge is 2.33. The molecule has 0 radical (unpaired) electrons. The van der Waals surface area contributed by atoms with Crippen molar-refractivity contribution in [1.29, 1.82) is 0 Å². The van der Waals surface area contributed by atoms with E-state index in [0.717, 1.165) is 6.42 Å². The van der Waals surface area contributed by atoms with Crippen LogP contribution in [0.3, 0.4) is 0 Å². The van der Waals surface area contributed by atoms with Crippen LogP contribution in [0.15, 0.2) is 0 Å². The molecule has 1 N–H and O–H groups in total. The molecule has 0 bridgehead atoms. The Bertz CT molecular complexity index is 269. The largest absolute Gasteiger partial charge is 0.480 e. The minimum Gasteiger partial charge on any atom is -0.480 e. The molecule has 6 heteroatoms. The van der Waals surface area contributed by atoms with Crippen molar-refractivity contribution in [2.75, 3.05) is 33.0 Å². The van der Waals surface area contributed by atoms with E-state index in [1.165, 1.54) is 4.90 Å². The Balaban J connectivity index is 2.25. The first-order valence-corrected chi connectivity index (χ1v) is 5.84. The fourth-order valence-corrected chi connectivity index (χ4v) is 1.83. The average molecular weight is 245 g/mol. The first-order valence-electron chi connectivity index (χ1n) is 5.84. The molecule has 6 nitrogen and oxygen atoms in total. The number of carboxylic acid groups (broad SMARTS) is 1. The van der Waals surface area contributed by atoms with E-state index in [1.807, 2.05) is 6.92 Å². The van der Waals surface area contributed by atoms with E-state index in [4.69, 9.17) is 14.6 Å². The van der Waals surface area contributed by atoms with Crippen molar-refractivity contribution in [2.45, 2.75) is 25.8 Å². The van der Waals surface area contributed by atoms with E-state index in [1.54, 1.807) is 0 Å². The van der Waals surface area contributed by atoms with Gasteiger partial charge in [-0.25, -0.2) is 4.79 Å². The van der Waals surface area contributed by atoms with Gasteiger partial charge in [0.05, 0.1) is 13.2 Å². The maximum Gasteiger partial charge on any atom is 0.326 e. The summed E-state index contributed by atoms with van der Waals surface area (Å²) >= 11 is 0. The number of carbonyl (C=O) groups excluding carboxylic acids is 1. The normalized spacial score (nSPS) is 19.6. The standard InChI is InChI=1S/C11H19NO5/c1-2-16-6-7-17-8-10(13)12-5-3-4-9(12)11(14)15/h9H,2-8H2,1H3,(H,14,15)/t9-/m1/s1. The van der Waals surface area contributed by atoms with Crippen molar-refractivity contribution in [3.05, 3.63) is 0 Å². The van der Waals surface area contributed by atoms with Crippen molar-refractivity contribution >= 4 is 11.9 Å². The zero-order valence-corrected chi connectivity index (χ0v) is 10.1. The minimum atomic E-state index is -0.940. The van der Waals surface area contributed by atoms with Crippen molar-refractivity contribution in [3.63, 3.8) is 0 Å². The van der Waals surface area contributed by atoms with Gasteiger partial charge in [-0.1, -0.05) is 0 Å². The van der Waals surface area contributed by atoms with Gasteiger partial charge in [0.15, 0.2) is 0 Å². The maximum absolute atomic E-state index is 11.7. The monoisotopic (exact) mass is 245 g/mol. The number of nitrogens with zero attached hydrogens (tertiary/aromatic N) is 1. The highest BCUT2D eigenvalue weighted by Crippen LogP contribution is 2.17. The quantitative estimate of drug-likeness (QED) is 0.644. The zero-order chi connectivity index (χ0) is 12.7. The molecular formula is C11H19NO5. The second kappa shape index (κ2) is 7.24. The summed E-state index contributed by atoms with van der Waals surface area (Å²) in [5.74, 6) is -1.20. The van der Waals surface area contributed by atoms with Crippen LogP contribution in [-0.4, -0.2) is 60.9 Å². The fraction of sp³-hybridized carbons (Fsp3) is 0.818. The van der Waals surface area contributed by atoms with Gasteiger partial charge in [-0.15, -0.1) is 0 Å². The van der Waals surface area contributed by atoms with Crippen LogP contribution in [0, 0.1) is 0 Å². The van der Waals surface area contributed by atoms with Gasteiger partial charge in [-0.2, -0.15) is 0 Å². The number of aliphatic carboxylic acids is 1. The molecule has 0 aromatic carbocycles. The Morgan fingerprint density at radius 1 is 1.35 bits per heavy atom. The molecule has 1 fully saturated rings. The molecule has 1 aliphatic rings. The molecule has 1 rings (SSSR count). The highest BCUT2D eigenvalue weighted by atomic mass is 16.5. The van der Waals surface area contributed by atoms with Crippen molar-refractivity contribution in [3.8, 4) is 0 Å². The van der Waals surface area contributed by atoms with Gasteiger partial charge in [0, 0.05) is 13.2 Å². The molecule has 0 aliphatic carbocycles. The highest BCUT2D eigenvalue weighted by molar-refractivity contribution is 5.84. The first-order chi connectivity index (χ1) is 8.16. The summed E-state index contributed by atoms with van der Waals surface area (Å²) < 4.78 is 10.2. The van der Waals surface area contributed by atoms with Gasteiger partial charge in [-0.3, -0.25) is 4.79 Å². The Kier molecular flexibility index (Phi) is 5.93. The van der Waals surface area contributed by atoms with Crippen LogP contribution in [-0.2, 0) is 19.1 Å². The second-order valence-electron chi connectivity index (χ2n) is 3.83. The maximum atomic E-state index is 11.7. The molecule has 0 unspecified atom stereocenters. The molecule has 98 valence electrons. The SMILES string of the molecule is CCOCCOCC(=O)N1CCC[C@@H]1C(=O)O. The molecular weight excluding hydrogens is 226 g/mol. The summed E-state index contributed by atoms with van der Waals surface area (Å²) in [6.45, 7) is 3.73. The summed E-state index contributed by atoms with van der Waals surface area (Å²) in [6, 6.07) is -0.682. The van der Waals surface area contributed by atoms with E-state index >= 15 is 0 Å². The number of carboxylic acids is 1. The third-order valence-corrected chi connectivity index (χ3v) is 2.66. The first kappa shape index (κ1) is 13.9. The van der Waals surface area contributed by atoms with Crippen LogP contribution in [0.4, 0.5) is 0 Å². The predicted octanol–water partition coefficient (Wildman–Crippen LogP) is 0.115. The minimum absolute atomic E-state index is 0.0726. The smallest absolute Gasteiger partial charge is 0.326 e. The van der Waals surface area contributed by atoms with Gasteiger partial charge in [0.1, 0.15) is 12.6 Å². The molecule has 1 amide bonds. The van der Waals surface area contributed by atoms with Gasteiger partial charge >= 0.3 is 5.97 Å². The van der Waals surface area contributed by atoms with Gasteiger partial charge < -0.3 is 19.5 Å². The molecule has 0 spiro atoms. The lowest BCUT2D eigenvalue weighted by atomic mass is 10.2. The van der Waals surface area contributed by atoms with Crippen LogP contribution in [0.5, 0.6) is 0 Å². The third kappa shape index (κ3) is 4.32. The number of amides is 1. The van der Waals surface area contributed by atoms with Crippen molar-refractivity contribution in [1.82, 2.24) is 4.90 Å². The van der Waals surface area contributed by atoms with Crippen molar-refractivity contribution < 1.29 is 24.2 Å². The Hall–Kier alpha value is -1.14. The Labute approximate surface area is 100 Å². The van der Waals surface area contributed by atoms with Gasteiger partial charge in [0.2, 0.25) is 5.91 Å². The lowest BCUT2D eigenvalue weighted by Gasteiger charge is -2.21. The van der Waals surface area contributed by atoms with Crippen LogP contribution in [0.25, 0.3) is 0 Å². The number of hydrogen-bond donors (Lipinski definition) is 1. The summed E-state index contributed by atoms with van der Waals surface area (Å²) in [5.41, 5.74) is 0. The van der Waals surface area contributed by atoms with Gasteiger partial charge in [-0.05, 0) is 19.8 Å². The number of likely N-dealkylation sites (tertiary alicyclic amines) is 1. The lowest BCUT2D eigenvalue weighted by molar-refractivity contribution is -0.150. The topological polar surface area (TPSA) is 76.1 Å². The summed E-state index contributed by atoms with van der Waals surface area (Å²) in [4.78, 5) is 23.9. The van der Waals surface area contributed by atoms with E-state index in [-0.39, 0.29) is 12.5 Å². The molecule has 1 heterocycles. The number of ether oxygens (including phenoxy) is 2. The molecule has 0 aromatic heterocycles. The van der Waals surface area contributed by atoms with E-state index < -0.39 is 12.0 Å². The molecule has 17 heavy (non-hydrogen) atoms. The molecule has 0 saturated carbocycles. The van der Waals surface area contributed by atoms with Crippen LogP contribution in [0.2, 0.25) is 0 Å². The predicted molar refractivity (Wildman–Crippen MR) is 59.7 cm³/mol. The number of rotatable bonds is 7. The van der Waals surface area contributed by atoms with Crippen LogP contribution in [0.1, 0.15) is 19.8 Å². The lowest BCUT2D eigenvalue weighted by Crippen LogP contribution is -2.42. The Morgan fingerprint density at radius 3 is 2.71 bits per heavy atom. The molecule has 1 aliphatic heterocycles. The molecule has 0 aromatic rings. The zero-order valence-electron chi connectivity index (χ0n) is 10.1. The van der Waals surface area contributed by atoms with E-state index in [9.17, 15) is 9.59 Å². The Morgan fingerprint density at radius 2 is 2.06 bits per heavy atom. The average Bonchev–Trinajstić information content (AvgIpc) is 2.77. The summed E-state index contributed by atoms with van der Waals surface area (Å²) in [7, 11) is 0. The summed E-state index contributed by atoms with van der Waals surface area (Å²) in [5, 5.41) is 8.92. The molecule has 1 saturated heterocycles. The second-order valence-corrected chi connectivity index (χ2v) is 3.83. The fourth-order valence-electron chi connectivity index (χ4n) is 1.83. The number of carbonyl (C=O) groups is 2.